The summed E-state index contributed by atoms with van der Waals surface area (Å²) in [6, 6.07) is 13.1. The van der Waals surface area contributed by atoms with Gasteiger partial charge in [0.05, 0.1) is 6.04 Å². The number of hydrogen-bond donors (Lipinski definition) is 1. The van der Waals surface area contributed by atoms with E-state index < -0.39 is 18.1 Å². The lowest BCUT2D eigenvalue weighted by molar-refractivity contribution is -0.167. The average Bonchev–Trinajstić information content (AvgIpc) is 2.69. The number of hydrogen-bond acceptors (Lipinski definition) is 4. The van der Waals surface area contributed by atoms with Crippen LogP contribution in [0.15, 0.2) is 48.5 Å². The first-order valence-corrected chi connectivity index (χ1v) is 9.14. The number of esters is 1. The molecule has 1 fully saturated rings. The van der Waals surface area contributed by atoms with E-state index in [2.05, 4.69) is 0 Å². The third-order valence-corrected chi connectivity index (χ3v) is 5.33. The monoisotopic (exact) mass is 368 g/mol. The minimum atomic E-state index is -0.814. The van der Waals surface area contributed by atoms with E-state index in [0.29, 0.717) is 19.4 Å². The Kier molecular flexibility index (Phi) is 4.66. The fourth-order valence-corrected chi connectivity index (χ4v) is 3.90. The summed E-state index contributed by atoms with van der Waals surface area (Å²) in [4.78, 5) is 26.8. The summed E-state index contributed by atoms with van der Waals surface area (Å²) in [5.41, 5.74) is 8.69. The van der Waals surface area contributed by atoms with Crippen molar-refractivity contribution in [1.82, 2.24) is 4.90 Å². The van der Waals surface area contributed by atoms with E-state index in [4.69, 9.17) is 10.5 Å². The molecule has 0 aliphatic carbocycles. The number of nitrogens with two attached hydrogens (primary N) is 1. The van der Waals surface area contributed by atoms with E-state index in [1.807, 2.05) is 24.3 Å². The second-order valence-corrected chi connectivity index (χ2v) is 7.04. The van der Waals surface area contributed by atoms with Gasteiger partial charge in [-0.1, -0.05) is 36.4 Å². The Labute approximate surface area is 156 Å². The molecule has 0 radical (unpaired) electrons. The lowest BCUT2D eigenvalue weighted by Gasteiger charge is -2.40. The Bertz CT molecular complexity index is 868. The van der Waals surface area contributed by atoms with Crippen LogP contribution in [0.1, 0.15) is 35.6 Å². The maximum Gasteiger partial charge on any atom is 0.323 e. The molecular formula is C21H21FN2O3. The zero-order chi connectivity index (χ0) is 19.0. The topological polar surface area (TPSA) is 72.6 Å². The Morgan fingerprint density at radius 3 is 2.59 bits per heavy atom. The van der Waals surface area contributed by atoms with Gasteiger partial charge in [-0.15, -0.1) is 0 Å². The van der Waals surface area contributed by atoms with Gasteiger partial charge in [-0.05, 0) is 48.1 Å². The molecule has 2 heterocycles. The number of rotatable bonds is 2. The fourth-order valence-electron chi connectivity index (χ4n) is 3.90. The summed E-state index contributed by atoms with van der Waals surface area (Å²) in [5, 5.41) is 0. The molecule has 2 aliphatic heterocycles. The van der Waals surface area contributed by atoms with Crippen LogP contribution in [0.4, 0.5) is 4.39 Å². The van der Waals surface area contributed by atoms with E-state index in [-0.39, 0.29) is 17.8 Å². The van der Waals surface area contributed by atoms with Crippen LogP contribution >= 0.6 is 0 Å². The minimum absolute atomic E-state index is 0.223. The zero-order valence-corrected chi connectivity index (χ0v) is 14.8. The largest absolute Gasteiger partial charge is 0.451 e. The summed E-state index contributed by atoms with van der Waals surface area (Å²) in [7, 11) is 0. The van der Waals surface area contributed by atoms with Crippen molar-refractivity contribution >= 4 is 11.9 Å². The van der Waals surface area contributed by atoms with Crippen LogP contribution in [0.2, 0.25) is 0 Å². The van der Waals surface area contributed by atoms with E-state index in [9.17, 15) is 14.0 Å². The first-order chi connectivity index (χ1) is 13.0. The van der Waals surface area contributed by atoms with Crippen molar-refractivity contribution in [3.05, 3.63) is 71.0 Å². The van der Waals surface area contributed by atoms with E-state index in [1.165, 1.54) is 17.7 Å². The normalized spacial score (nSPS) is 24.9. The lowest BCUT2D eigenvalue weighted by Crippen LogP contribution is -2.50. The number of amides is 1. The predicted octanol–water partition coefficient (Wildman–Crippen LogP) is 2.33. The number of nitrogens with zero attached hydrogens (tertiary/aromatic N) is 1. The van der Waals surface area contributed by atoms with Crippen molar-refractivity contribution < 1.29 is 18.7 Å². The van der Waals surface area contributed by atoms with Gasteiger partial charge in [0.1, 0.15) is 11.9 Å². The molecule has 1 amide bonds. The molecule has 0 spiro atoms. The molecule has 2 N–H and O–H groups in total. The number of cyclic esters (lactones) is 1. The van der Waals surface area contributed by atoms with Gasteiger partial charge < -0.3 is 15.4 Å². The van der Waals surface area contributed by atoms with Gasteiger partial charge in [-0.3, -0.25) is 9.59 Å². The predicted molar refractivity (Wildman–Crippen MR) is 97.2 cm³/mol. The molecule has 2 aromatic rings. The first-order valence-electron chi connectivity index (χ1n) is 9.14. The SMILES string of the molecule is N[C@@H]1CC[C@@H](C(=O)N2CCc3ccccc3[C@@H]2c2ccc(F)cc2)OC1=O. The van der Waals surface area contributed by atoms with E-state index in [0.717, 1.165) is 17.5 Å². The van der Waals surface area contributed by atoms with Gasteiger partial charge >= 0.3 is 5.97 Å². The van der Waals surface area contributed by atoms with E-state index >= 15 is 0 Å². The zero-order valence-electron chi connectivity index (χ0n) is 14.8. The number of carbonyl (C=O) groups is 2. The molecule has 1 saturated heterocycles. The van der Waals surface area contributed by atoms with Crippen molar-refractivity contribution in [2.75, 3.05) is 6.54 Å². The van der Waals surface area contributed by atoms with Gasteiger partial charge in [0.25, 0.3) is 5.91 Å². The van der Waals surface area contributed by atoms with Gasteiger partial charge in [-0.2, -0.15) is 0 Å². The smallest absolute Gasteiger partial charge is 0.323 e. The fraction of sp³-hybridized carbons (Fsp3) is 0.333. The Morgan fingerprint density at radius 2 is 1.85 bits per heavy atom. The van der Waals surface area contributed by atoms with Crippen molar-refractivity contribution in [2.45, 2.75) is 37.5 Å². The highest BCUT2D eigenvalue weighted by Crippen LogP contribution is 2.36. The highest BCUT2D eigenvalue weighted by atomic mass is 19.1. The van der Waals surface area contributed by atoms with Crippen molar-refractivity contribution in [2.24, 2.45) is 5.73 Å². The molecule has 3 atom stereocenters. The van der Waals surface area contributed by atoms with Crippen LogP contribution in [0.5, 0.6) is 0 Å². The van der Waals surface area contributed by atoms with Crippen LogP contribution in [0, 0.1) is 5.82 Å². The van der Waals surface area contributed by atoms with Crippen molar-refractivity contribution in [1.29, 1.82) is 0 Å². The highest BCUT2D eigenvalue weighted by molar-refractivity contribution is 5.87. The number of carbonyl (C=O) groups excluding carboxylic acids is 2. The van der Waals surface area contributed by atoms with Crippen LogP contribution in [-0.2, 0) is 20.7 Å². The minimum Gasteiger partial charge on any atom is -0.451 e. The molecule has 2 aliphatic rings. The molecule has 0 aromatic heterocycles. The lowest BCUT2D eigenvalue weighted by atomic mass is 9.87. The third kappa shape index (κ3) is 3.32. The molecule has 27 heavy (non-hydrogen) atoms. The van der Waals surface area contributed by atoms with E-state index in [1.54, 1.807) is 17.0 Å². The molecule has 6 heteroatoms. The van der Waals surface area contributed by atoms with Crippen LogP contribution < -0.4 is 5.73 Å². The number of benzene rings is 2. The highest BCUT2D eigenvalue weighted by Gasteiger charge is 2.39. The van der Waals surface area contributed by atoms with Gasteiger partial charge in [0.15, 0.2) is 6.10 Å². The van der Waals surface area contributed by atoms with Gasteiger partial charge in [0.2, 0.25) is 0 Å². The Morgan fingerprint density at radius 1 is 1.11 bits per heavy atom. The van der Waals surface area contributed by atoms with Crippen molar-refractivity contribution in [3.8, 4) is 0 Å². The molecule has 5 nitrogen and oxygen atoms in total. The molecule has 140 valence electrons. The van der Waals surface area contributed by atoms with Crippen molar-refractivity contribution in [3.63, 3.8) is 0 Å². The number of ether oxygens (including phenoxy) is 1. The summed E-state index contributed by atoms with van der Waals surface area (Å²) in [6.07, 6.45) is 0.756. The third-order valence-electron chi connectivity index (χ3n) is 5.33. The molecular weight excluding hydrogens is 347 g/mol. The number of halogens is 1. The molecule has 0 saturated carbocycles. The Hall–Kier alpha value is -2.73. The van der Waals surface area contributed by atoms with Gasteiger partial charge in [-0.25, -0.2) is 4.39 Å². The summed E-state index contributed by atoms with van der Waals surface area (Å²) in [6.45, 7) is 0.512. The maximum absolute atomic E-state index is 13.4. The molecule has 4 rings (SSSR count). The summed E-state index contributed by atoms with van der Waals surface area (Å²) >= 11 is 0. The molecule has 2 aromatic carbocycles. The van der Waals surface area contributed by atoms with Crippen LogP contribution in [0.25, 0.3) is 0 Å². The van der Waals surface area contributed by atoms with Gasteiger partial charge in [0, 0.05) is 6.54 Å². The quantitative estimate of drug-likeness (QED) is 0.826. The summed E-state index contributed by atoms with van der Waals surface area (Å²) < 4.78 is 18.7. The van der Waals surface area contributed by atoms with Crippen LogP contribution in [-0.4, -0.2) is 35.5 Å². The molecule has 0 unspecified atom stereocenters. The maximum atomic E-state index is 13.4. The number of fused-ring (bicyclic) bond motifs is 1. The second kappa shape index (κ2) is 7.12. The molecule has 0 bridgehead atoms. The second-order valence-electron chi connectivity index (χ2n) is 7.04. The average molecular weight is 368 g/mol. The van der Waals surface area contributed by atoms with Crippen LogP contribution in [0.3, 0.4) is 0 Å². The standard InChI is InChI=1S/C21H21FN2O3/c22-15-7-5-14(6-8-15)19-16-4-2-1-3-13(16)11-12-24(19)20(25)18-10-9-17(23)21(26)27-18/h1-8,17-19H,9-12,23H2/t17-,18+,19+/m1/s1. The summed E-state index contributed by atoms with van der Waals surface area (Å²) in [5.74, 6) is -1.08. The first kappa shape index (κ1) is 17.7. The Balaban J connectivity index is 1.69.